The van der Waals surface area contributed by atoms with Gasteiger partial charge in [0.25, 0.3) is 0 Å². The molecule has 3 heterocycles. The molecule has 2 aliphatic carbocycles. The van der Waals surface area contributed by atoms with Crippen molar-refractivity contribution in [1.29, 1.82) is 0 Å². The van der Waals surface area contributed by atoms with Crippen LogP contribution in [0.2, 0.25) is 0 Å². The summed E-state index contributed by atoms with van der Waals surface area (Å²) in [4.78, 5) is 36.7. The van der Waals surface area contributed by atoms with Crippen molar-refractivity contribution < 1.29 is 23.9 Å². The topological polar surface area (TPSA) is 114 Å². The van der Waals surface area contributed by atoms with Crippen LogP contribution in [0.15, 0.2) is 0 Å². The first-order valence-corrected chi connectivity index (χ1v) is 14.3. The summed E-state index contributed by atoms with van der Waals surface area (Å²) in [5.74, 6) is 1.66. The quantitative estimate of drug-likeness (QED) is 0.517. The molecule has 9 heteroatoms. The normalized spacial score (nSPS) is 26.6. The van der Waals surface area contributed by atoms with E-state index in [1.54, 1.807) is 0 Å². The molecule has 5 rings (SSSR count). The number of nitrogens with one attached hydrogen (secondary N) is 1. The molecule has 3 N–H and O–H groups in total. The van der Waals surface area contributed by atoms with Gasteiger partial charge in [0.05, 0.1) is 25.7 Å². The summed E-state index contributed by atoms with van der Waals surface area (Å²) in [5, 5.41) is 3.40. The van der Waals surface area contributed by atoms with Crippen LogP contribution in [0.25, 0.3) is 0 Å². The van der Waals surface area contributed by atoms with Gasteiger partial charge in [-0.25, -0.2) is 0 Å². The van der Waals surface area contributed by atoms with Gasteiger partial charge in [-0.05, 0) is 50.5 Å². The van der Waals surface area contributed by atoms with Crippen molar-refractivity contribution in [3.8, 4) is 0 Å². The molecule has 2 unspecified atom stereocenters. The summed E-state index contributed by atoms with van der Waals surface area (Å²) in [5.41, 5.74) is 4.91. The van der Waals surface area contributed by atoms with Gasteiger partial charge in [0.1, 0.15) is 0 Å². The first-order valence-electron chi connectivity index (χ1n) is 14.3. The predicted octanol–water partition coefficient (Wildman–Crippen LogP) is 2.18. The van der Waals surface area contributed by atoms with E-state index in [1.165, 1.54) is 38.5 Å². The monoisotopic (exact) mass is 522 g/mol. The Morgan fingerprint density at radius 2 is 1.76 bits per heavy atom. The zero-order valence-electron chi connectivity index (χ0n) is 23.3. The lowest BCUT2D eigenvalue weighted by Crippen LogP contribution is -2.59. The van der Waals surface area contributed by atoms with Crippen molar-refractivity contribution in [2.24, 2.45) is 28.4 Å². The molecule has 212 valence electrons. The number of likely N-dealkylation sites (tertiary alicyclic amines) is 1. The number of morpholine rings is 1. The second-order valence-corrected chi connectivity index (χ2v) is 12.3. The average molecular weight is 523 g/mol. The molecule has 0 aromatic carbocycles. The minimum Gasteiger partial charge on any atom is -0.378 e. The fourth-order valence-electron chi connectivity index (χ4n) is 5.99. The van der Waals surface area contributed by atoms with Gasteiger partial charge in [-0.15, -0.1) is 0 Å². The van der Waals surface area contributed by atoms with Crippen molar-refractivity contribution in [3.05, 3.63) is 0 Å². The van der Waals surface area contributed by atoms with Gasteiger partial charge in [-0.1, -0.05) is 33.1 Å². The largest absolute Gasteiger partial charge is 0.378 e. The van der Waals surface area contributed by atoms with Gasteiger partial charge >= 0.3 is 0 Å². The highest BCUT2D eigenvalue weighted by Gasteiger charge is 2.56. The highest BCUT2D eigenvalue weighted by atomic mass is 16.5. The molecule has 2 saturated carbocycles. The van der Waals surface area contributed by atoms with E-state index >= 15 is 0 Å². The Bertz CT molecular complexity index is 735. The maximum Gasteiger partial charge on any atom is 0.226 e. The number of nitrogens with two attached hydrogens (primary N) is 1. The van der Waals surface area contributed by atoms with Crippen molar-refractivity contribution >= 4 is 18.2 Å². The van der Waals surface area contributed by atoms with E-state index in [4.69, 9.17) is 14.3 Å². The third-order valence-electron chi connectivity index (χ3n) is 8.67. The molecule has 9 nitrogen and oxygen atoms in total. The molecule has 3 saturated heterocycles. The highest BCUT2D eigenvalue weighted by Crippen LogP contribution is 2.53. The molecule has 0 aromatic rings. The standard InChI is InChI=1S/C15H27NO3.C12H20N2O.CH3NO/c1-13(19-12-14-5-3-2-4-6-14)11-15(17)16-7-9-18-10-8-16;1-11(2)5-9(11)10(15)14-7-12(8-14)3-4-13-6-12;2-1-3/h13-14H,2-12H2,1H3;9,13H,3-8H2,1-2H3;1H,(H2,2,3). The molecule has 0 radical (unpaired) electrons. The van der Waals surface area contributed by atoms with Gasteiger partial charge < -0.3 is 30.3 Å². The number of carbonyl (C=O) groups excluding carboxylic acids is 3. The highest BCUT2D eigenvalue weighted by molar-refractivity contribution is 5.83. The Hall–Kier alpha value is -1.71. The maximum absolute atomic E-state index is 12.0. The summed E-state index contributed by atoms with van der Waals surface area (Å²) in [6.45, 7) is 14.3. The van der Waals surface area contributed by atoms with E-state index < -0.39 is 0 Å². The zero-order valence-corrected chi connectivity index (χ0v) is 23.3. The van der Waals surface area contributed by atoms with Crippen LogP contribution in [0.4, 0.5) is 0 Å². The van der Waals surface area contributed by atoms with E-state index in [-0.39, 0.29) is 23.8 Å². The summed E-state index contributed by atoms with van der Waals surface area (Å²) in [6, 6.07) is 0. The maximum atomic E-state index is 12.0. The van der Waals surface area contributed by atoms with Crippen LogP contribution >= 0.6 is 0 Å². The first kappa shape index (κ1) is 29.8. The van der Waals surface area contributed by atoms with E-state index in [0.717, 1.165) is 58.2 Å². The summed E-state index contributed by atoms with van der Waals surface area (Å²) >= 11 is 0. The summed E-state index contributed by atoms with van der Waals surface area (Å²) < 4.78 is 11.1. The third-order valence-corrected chi connectivity index (χ3v) is 8.67. The molecule has 5 fully saturated rings. The minimum absolute atomic E-state index is 0.0391. The Labute approximate surface area is 223 Å². The Balaban J connectivity index is 0.000000189. The number of amides is 3. The smallest absolute Gasteiger partial charge is 0.226 e. The number of ether oxygens (including phenoxy) is 2. The van der Waals surface area contributed by atoms with Crippen LogP contribution in [-0.4, -0.2) is 93.2 Å². The molecule has 3 aliphatic heterocycles. The van der Waals surface area contributed by atoms with Gasteiger partial charge in [-0.3, -0.25) is 14.4 Å². The molecule has 3 amide bonds. The van der Waals surface area contributed by atoms with Crippen molar-refractivity contribution in [2.45, 2.75) is 78.2 Å². The molecule has 5 aliphatic rings. The SMILES string of the molecule is CC(CC(=O)N1CCOCC1)OCC1CCCCC1.CC1(C)CC1C(=O)N1CC2(CCNC2)C1.NC=O. The number of nitrogens with zero attached hydrogens (tertiary/aromatic N) is 2. The average Bonchev–Trinajstić information content (AvgIpc) is 3.26. The van der Waals surface area contributed by atoms with Gasteiger partial charge in [0.15, 0.2) is 0 Å². The van der Waals surface area contributed by atoms with E-state index in [1.807, 2.05) is 11.8 Å². The predicted molar refractivity (Wildman–Crippen MR) is 143 cm³/mol. The van der Waals surface area contributed by atoms with Gasteiger partial charge in [0, 0.05) is 50.7 Å². The Kier molecular flexibility index (Phi) is 11.2. The van der Waals surface area contributed by atoms with Crippen LogP contribution in [0.1, 0.15) is 72.1 Å². The molecule has 1 spiro atoms. The number of hydrogen-bond acceptors (Lipinski definition) is 6. The fraction of sp³-hybridized carbons (Fsp3) is 0.893. The summed E-state index contributed by atoms with van der Waals surface area (Å²) in [6.07, 6.45) is 9.79. The second kappa shape index (κ2) is 13.9. The van der Waals surface area contributed by atoms with Crippen molar-refractivity contribution in [2.75, 3.05) is 59.1 Å². The molecular weight excluding hydrogens is 472 g/mol. The molecule has 2 atom stereocenters. The fourth-order valence-corrected chi connectivity index (χ4v) is 5.99. The van der Waals surface area contributed by atoms with Crippen molar-refractivity contribution in [3.63, 3.8) is 0 Å². The van der Waals surface area contributed by atoms with Gasteiger partial charge in [0.2, 0.25) is 18.2 Å². The number of rotatable bonds is 6. The van der Waals surface area contributed by atoms with E-state index in [2.05, 4.69) is 29.8 Å². The number of carbonyl (C=O) groups is 3. The Morgan fingerprint density at radius 1 is 1.14 bits per heavy atom. The van der Waals surface area contributed by atoms with Crippen LogP contribution in [0, 0.1) is 22.7 Å². The number of primary amides is 1. The van der Waals surface area contributed by atoms with E-state index in [9.17, 15) is 9.59 Å². The summed E-state index contributed by atoms with van der Waals surface area (Å²) in [7, 11) is 0. The number of hydrogen-bond donors (Lipinski definition) is 2. The molecular formula is C28H50N4O5. The molecule has 0 aromatic heterocycles. The first-order chi connectivity index (χ1) is 17.7. The third kappa shape index (κ3) is 8.93. The lowest BCUT2D eigenvalue weighted by atomic mass is 9.79. The van der Waals surface area contributed by atoms with Crippen LogP contribution in [-0.2, 0) is 23.9 Å². The molecule has 0 bridgehead atoms. The zero-order chi connectivity index (χ0) is 26.9. The van der Waals surface area contributed by atoms with Crippen LogP contribution < -0.4 is 11.1 Å². The minimum atomic E-state index is 0.0391. The Morgan fingerprint density at radius 3 is 2.30 bits per heavy atom. The lowest BCUT2D eigenvalue weighted by molar-refractivity contribution is -0.144. The van der Waals surface area contributed by atoms with Crippen LogP contribution in [0.3, 0.4) is 0 Å². The van der Waals surface area contributed by atoms with Crippen LogP contribution in [0.5, 0.6) is 0 Å². The van der Waals surface area contributed by atoms with E-state index in [0.29, 0.717) is 36.9 Å². The molecule has 37 heavy (non-hydrogen) atoms. The second-order valence-electron chi connectivity index (χ2n) is 12.3. The van der Waals surface area contributed by atoms with Crippen molar-refractivity contribution in [1.82, 2.24) is 15.1 Å². The van der Waals surface area contributed by atoms with Gasteiger partial charge in [-0.2, -0.15) is 0 Å². The lowest BCUT2D eigenvalue weighted by Gasteiger charge is -2.48.